The van der Waals surface area contributed by atoms with Crippen LogP contribution in [0.1, 0.15) is 65.2 Å². The number of nitrogen functional groups attached to an aromatic ring is 1. The van der Waals surface area contributed by atoms with Gasteiger partial charge in [0.2, 0.25) is 23.7 Å². The maximum absolute atomic E-state index is 13.2. The fourth-order valence-corrected chi connectivity index (χ4v) is 11.3. The van der Waals surface area contributed by atoms with E-state index < -0.39 is 103 Å². The minimum Gasteiger partial charge on any atom is -0.505 e. The number of anilines is 3. The lowest BCUT2D eigenvalue weighted by molar-refractivity contribution is -0.143. The molecule has 8 unspecified atom stereocenters. The van der Waals surface area contributed by atoms with Crippen LogP contribution < -0.4 is 54.2 Å². The summed E-state index contributed by atoms with van der Waals surface area (Å²) in [4.78, 5) is 133. The zero-order valence-corrected chi connectivity index (χ0v) is 43.1. The van der Waals surface area contributed by atoms with E-state index in [1.807, 2.05) is 0 Å². The zero-order valence-electron chi connectivity index (χ0n) is 41.5. The van der Waals surface area contributed by atoms with Gasteiger partial charge in [0.05, 0.1) is 30.5 Å². The molecule has 416 valence electrons. The maximum atomic E-state index is 13.2. The average Bonchev–Trinajstić information content (AvgIpc) is 3.58. The molecule has 4 aromatic rings. The van der Waals surface area contributed by atoms with Crippen molar-refractivity contribution >= 4 is 110 Å². The third-order valence-corrected chi connectivity index (χ3v) is 15.6. The van der Waals surface area contributed by atoms with E-state index in [1.165, 1.54) is 24.5 Å². The number of hydrogen-bond acceptors (Lipinski definition) is 22. The smallest absolute Gasteiger partial charge is 0.404 e. The molecule has 17 N–H and O–H groups in total. The largest absolute Gasteiger partial charge is 0.505 e. The minimum atomic E-state index is -1.80. The molecule has 78 heavy (non-hydrogen) atoms. The molecule has 1 saturated carbocycles. The van der Waals surface area contributed by atoms with Crippen LogP contribution in [-0.4, -0.2) is 161 Å². The molecule has 3 aliphatic rings. The third kappa shape index (κ3) is 13.6. The number of hydrogen-bond donors (Lipinski definition) is 14. The average molecular weight is 1120 g/mol. The number of carbonyl (C=O) groups is 8. The lowest BCUT2D eigenvalue weighted by Gasteiger charge is -2.35. The number of phenols is 2. The molecule has 1 saturated heterocycles. The van der Waals surface area contributed by atoms with Gasteiger partial charge in [-0.25, -0.2) is 24.4 Å². The monoisotopic (exact) mass is 1120 g/mol. The molecule has 2 aromatic carbocycles. The molecule has 29 nitrogen and oxygen atoms in total. The van der Waals surface area contributed by atoms with Crippen LogP contribution in [0.25, 0.3) is 11.2 Å². The second kappa shape index (κ2) is 25.1. The van der Waals surface area contributed by atoms with Gasteiger partial charge in [-0.15, -0.1) is 0 Å². The number of nitrogens with two attached hydrogens (primary N) is 3. The van der Waals surface area contributed by atoms with Gasteiger partial charge in [0.25, 0.3) is 11.5 Å². The van der Waals surface area contributed by atoms with Gasteiger partial charge in [0.15, 0.2) is 11.2 Å². The highest BCUT2D eigenvalue weighted by molar-refractivity contribution is 8.76. The minimum absolute atomic E-state index is 0.00615. The molecular weight excluding hydrogens is 1060 g/mol. The van der Waals surface area contributed by atoms with Crippen LogP contribution in [0.2, 0.25) is 0 Å². The van der Waals surface area contributed by atoms with Crippen molar-refractivity contribution in [2.45, 2.75) is 81.7 Å². The Kier molecular flexibility index (Phi) is 18.5. The summed E-state index contributed by atoms with van der Waals surface area (Å²) in [6.07, 6.45) is 2.06. The number of carboxylic acid groups (broad SMARTS) is 3. The van der Waals surface area contributed by atoms with Gasteiger partial charge < -0.3 is 79.0 Å². The number of nitrogens with zero attached hydrogens (tertiary/aromatic N) is 5. The van der Waals surface area contributed by atoms with Crippen LogP contribution in [0.3, 0.4) is 0 Å². The van der Waals surface area contributed by atoms with Gasteiger partial charge in [0.1, 0.15) is 48.0 Å². The SMILES string of the molecule is Cc1c(O)c2c(c(O)c1N=CCSSCC(NC(=O)C(CC(=O)O)NC(=O)C(N)CNC(=O)CCC(NC(=O)c1ccc(NCc3cnc4nc(N)[nH]c(=O)c4n3)cc1)C(=O)O)C(=O)O)C(COC(N)=O)C1C3CCC3CN21. The first kappa shape index (κ1) is 57.3. The highest BCUT2D eigenvalue weighted by Crippen LogP contribution is 2.62. The van der Waals surface area contributed by atoms with E-state index in [1.54, 1.807) is 19.1 Å². The quantitative estimate of drug-likeness (QED) is 0.0167. The molecule has 5 amide bonds. The van der Waals surface area contributed by atoms with Gasteiger partial charge in [-0.1, -0.05) is 21.6 Å². The number of aliphatic imine (C=N–C) groups is 1. The molecule has 0 bridgehead atoms. The number of benzene rings is 2. The first-order valence-electron chi connectivity index (χ1n) is 24.1. The van der Waals surface area contributed by atoms with Crippen molar-refractivity contribution in [3.8, 4) is 11.5 Å². The molecule has 0 radical (unpaired) electrons. The van der Waals surface area contributed by atoms with E-state index in [4.69, 9.17) is 21.9 Å². The maximum Gasteiger partial charge on any atom is 0.404 e. The highest BCUT2D eigenvalue weighted by Gasteiger charge is 2.56. The predicted molar refractivity (Wildman–Crippen MR) is 282 cm³/mol. The van der Waals surface area contributed by atoms with Gasteiger partial charge >= 0.3 is 24.0 Å². The summed E-state index contributed by atoms with van der Waals surface area (Å²) >= 11 is 0. The summed E-state index contributed by atoms with van der Waals surface area (Å²) in [6, 6.07) is -0.646. The number of H-pyrrole nitrogens is 1. The van der Waals surface area contributed by atoms with Crippen molar-refractivity contribution in [3.63, 3.8) is 0 Å². The van der Waals surface area contributed by atoms with Crippen molar-refractivity contribution < 1.29 is 68.6 Å². The highest BCUT2D eigenvalue weighted by atomic mass is 33.1. The van der Waals surface area contributed by atoms with Crippen LogP contribution >= 0.6 is 21.6 Å². The Hall–Kier alpha value is -8.45. The molecule has 2 aliphatic heterocycles. The number of amides is 5. The van der Waals surface area contributed by atoms with Crippen molar-refractivity contribution in [2.75, 3.05) is 47.2 Å². The summed E-state index contributed by atoms with van der Waals surface area (Å²) in [5, 5.41) is 64.1. The molecule has 4 heterocycles. The Balaban J connectivity index is 0.838. The number of aliphatic carboxylic acids is 3. The van der Waals surface area contributed by atoms with E-state index >= 15 is 0 Å². The Morgan fingerprint density at radius 3 is 2.33 bits per heavy atom. The number of aromatic amines is 1. The van der Waals surface area contributed by atoms with Gasteiger partial charge in [0, 0.05) is 71.6 Å². The van der Waals surface area contributed by atoms with Crippen molar-refractivity contribution in [1.29, 1.82) is 0 Å². The number of carbonyl (C=O) groups excluding carboxylic acids is 5. The molecular formula is C47H56N14O15S2. The normalized spacial score (nSPS) is 18.5. The number of carboxylic acids is 3. The van der Waals surface area contributed by atoms with Crippen LogP contribution in [0.5, 0.6) is 11.5 Å². The Morgan fingerprint density at radius 1 is 0.949 bits per heavy atom. The standard InChI is InChI=1S/C47H56N14O15S2/c1-19-33(38(66)32-25(17-76-47(50)75)35-24-7-4-21(24)16-61(35)36(32)37(19)65)51-10-11-77-78-18-29(45(73)74)58-42(69)28(12-31(63)64)57-41(68)26(48)15-53-30(62)9-8-27(44(71)72)56-40(67)20-2-5-22(6-3-20)52-13-23-14-54-39-34(55-23)43(70)60-46(49)59-39/h2-3,5-6,10,14,21,24-29,35,52,65-66H,4,7-9,11-13,15-18,48H2,1H3,(H2,50,75)(H,53,62)(H,56,67)(H,57,68)(H,58,69)(H,63,64)(H,71,72)(H,73,74)(H3,49,54,59,60,70). The van der Waals surface area contributed by atoms with Crippen molar-refractivity contribution in [2.24, 2.45) is 28.3 Å². The van der Waals surface area contributed by atoms with Gasteiger partial charge in [-0.3, -0.25) is 38.7 Å². The lowest BCUT2D eigenvalue weighted by atomic mass is 9.69. The summed E-state index contributed by atoms with van der Waals surface area (Å²) in [5.74, 6) is -8.42. The van der Waals surface area contributed by atoms with E-state index in [0.29, 0.717) is 46.6 Å². The predicted octanol–water partition coefficient (Wildman–Crippen LogP) is -0.246. The second-order valence-corrected chi connectivity index (χ2v) is 21.0. The number of phenolic OH excluding ortho intramolecular Hbond substituents is 2. The number of rotatable bonds is 26. The molecule has 2 fully saturated rings. The fourth-order valence-electron chi connectivity index (χ4n) is 9.39. The summed E-state index contributed by atoms with van der Waals surface area (Å²) in [6.45, 7) is 1.78. The summed E-state index contributed by atoms with van der Waals surface area (Å²) in [5.41, 5.74) is 18.6. The molecule has 31 heteroatoms. The number of ether oxygens (including phenoxy) is 1. The number of fused-ring (bicyclic) bond motifs is 6. The van der Waals surface area contributed by atoms with Crippen LogP contribution in [0.15, 0.2) is 40.2 Å². The second-order valence-electron chi connectivity index (χ2n) is 18.5. The lowest BCUT2D eigenvalue weighted by Crippen LogP contribution is -2.57. The van der Waals surface area contributed by atoms with Crippen LogP contribution in [0.4, 0.5) is 27.8 Å². The molecule has 2 aromatic heterocycles. The Bertz CT molecular complexity index is 3090. The number of primary amides is 1. The van der Waals surface area contributed by atoms with E-state index in [-0.39, 0.29) is 77.0 Å². The van der Waals surface area contributed by atoms with E-state index in [0.717, 1.165) is 34.4 Å². The van der Waals surface area contributed by atoms with Gasteiger partial charge in [-0.05, 0) is 62.3 Å². The van der Waals surface area contributed by atoms with E-state index in [2.05, 4.69) is 56.4 Å². The summed E-state index contributed by atoms with van der Waals surface area (Å²) in [7, 11) is 2.13. The third-order valence-electron chi connectivity index (χ3n) is 13.4. The Morgan fingerprint density at radius 2 is 1.67 bits per heavy atom. The summed E-state index contributed by atoms with van der Waals surface area (Å²) < 4.78 is 5.19. The fraction of sp³-hybridized carbons (Fsp3) is 0.426. The molecule has 8 atom stereocenters. The number of aromatic nitrogens is 4. The molecule has 0 spiro atoms. The molecule has 1 aliphatic carbocycles. The zero-order chi connectivity index (χ0) is 56.5. The topological polar surface area (TPSA) is 472 Å². The first-order chi connectivity index (χ1) is 37.1. The first-order valence-corrected chi connectivity index (χ1v) is 26.6. The molecule has 7 rings (SSSR count). The van der Waals surface area contributed by atoms with Crippen LogP contribution in [-0.2, 0) is 40.0 Å². The number of nitrogens with one attached hydrogen (secondary N) is 6. The number of aromatic hydroxyl groups is 2. The Labute approximate surface area is 449 Å². The van der Waals surface area contributed by atoms with Crippen molar-refractivity contribution in [1.82, 2.24) is 41.2 Å². The van der Waals surface area contributed by atoms with Crippen molar-refractivity contribution in [3.05, 3.63) is 63.2 Å². The van der Waals surface area contributed by atoms with Gasteiger partial charge in [-0.2, -0.15) is 4.98 Å². The van der Waals surface area contributed by atoms with E-state index in [9.17, 15) is 68.7 Å². The van der Waals surface area contributed by atoms with Crippen LogP contribution in [0, 0.1) is 18.8 Å².